The Balaban J connectivity index is 1.89. The molecule has 0 radical (unpaired) electrons. The van der Waals surface area contributed by atoms with Crippen molar-refractivity contribution in [2.45, 2.75) is 19.4 Å². The van der Waals surface area contributed by atoms with Crippen molar-refractivity contribution in [1.82, 2.24) is 9.55 Å². The first-order valence-electron chi connectivity index (χ1n) is 7.54. The van der Waals surface area contributed by atoms with E-state index in [0.29, 0.717) is 22.6 Å². The first-order chi connectivity index (χ1) is 11.6. The fourth-order valence-electron chi connectivity index (χ4n) is 2.44. The maximum Gasteiger partial charge on any atom is 0.303 e. The molecule has 6 nitrogen and oxygen atoms in total. The van der Waals surface area contributed by atoms with Crippen LogP contribution in [-0.4, -0.2) is 26.5 Å². The lowest BCUT2D eigenvalue weighted by Gasteiger charge is -2.09. The van der Waals surface area contributed by atoms with Gasteiger partial charge in [-0.3, -0.25) is 14.2 Å². The topological polar surface area (TPSA) is 81.4 Å². The van der Waals surface area contributed by atoms with Gasteiger partial charge >= 0.3 is 5.97 Å². The number of carboxylic acid groups (broad SMARTS) is 1. The van der Waals surface area contributed by atoms with Gasteiger partial charge in [0.25, 0.3) is 0 Å². The molecule has 0 spiro atoms. The van der Waals surface area contributed by atoms with Crippen LogP contribution >= 0.6 is 0 Å². The number of carboxylic acids is 1. The number of ether oxygens (including phenoxy) is 1. The summed E-state index contributed by atoms with van der Waals surface area (Å²) in [6, 6.07) is 16.5. The maximum absolute atomic E-state index is 12.5. The number of hydrogen-bond donors (Lipinski definition) is 1. The molecule has 0 aliphatic rings. The van der Waals surface area contributed by atoms with Crippen LogP contribution in [0.25, 0.3) is 11.0 Å². The SMILES string of the molecule is O=C(O)CCC(=O)n1c(COc2ccccc2)nc2ccccc21. The number of aromatic nitrogens is 2. The van der Waals surface area contributed by atoms with Crippen molar-refractivity contribution in [1.29, 1.82) is 0 Å². The van der Waals surface area contributed by atoms with Crippen molar-refractivity contribution >= 4 is 22.9 Å². The summed E-state index contributed by atoms with van der Waals surface area (Å²) < 4.78 is 7.13. The Bertz CT molecular complexity index is 871. The highest BCUT2D eigenvalue weighted by molar-refractivity contribution is 5.92. The van der Waals surface area contributed by atoms with Gasteiger partial charge in [0.15, 0.2) is 5.82 Å². The van der Waals surface area contributed by atoms with E-state index in [1.807, 2.05) is 48.5 Å². The number of benzene rings is 2. The standard InChI is InChI=1S/C18H16N2O4/c21-17(10-11-18(22)23)20-15-9-5-4-8-14(15)19-16(20)12-24-13-6-2-1-3-7-13/h1-9H,10-12H2,(H,22,23). The molecule has 0 fully saturated rings. The highest BCUT2D eigenvalue weighted by atomic mass is 16.5. The quantitative estimate of drug-likeness (QED) is 0.753. The Labute approximate surface area is 138 Å². The second kappa shape index (κ2) is 6.95. The Morgan fingerprint density at radius 3 is 2.46 bits per heavy atom. The minimum Gasteiger partial charge on any atom is -0.486 e. The third kappa shape index (κ3) is 3.43. The predicted octanol–water partition coefficient (Wildman–Crippen LogP) is 3.12. The number of imidazole rings is 1. The van der Waals surface area contributed by atoms with E-state index in [9.17, 15) is 9.59 Å². The molecule has 24 heavy (non-hydrogen) atoms. The fraction of sp³-hybridized carbons (Fsp3) is 0.167. The summed E-state index contributed by atoms with van der Waals surface area (Å²) >= 11 is 0. The molecule has 2 aromatic carbocycles. The van der Waals surface area contributed by atoms with Gasteiger partial charge in [0.05, 0.1) is 17.5 Å². The Morgan fingerprint density at radius 2 is 1.71 bits per heavy atom. The van der Waals surface area contributed by atoms with E-state index in [-0.39, 0.29) is 25.4 Å². The van der Waals surface area contributed by atoms with Crippen LogP contribution in [0, 0.1) is 0 Å². The van der Waals surface area contributed by atoms with Crippen molar-refractivity contribution in [3.63, 3.8) is 0 Å². The van der Waals surface area contributed by atoms with Crippen molar-refractivity contribution in [2.75, 3.05) is 0 Å². The number of carbonyl (C=O) groups is 2. The van der Waals surface area contributed by atoms with Gasteiger partial charge < -0.3 is 9.84 Å². The third-order valence-corrected chi connectivity index (χ3v) is 3.54. The molecule has 1 aromatic heterocycles. The van der Waals surface area contributed by atoms with Crippen LogP contribution in [-0.2, 0) is 11.4 Å². The summed E-state index contributed by atoms with van der Waals surface area (Å²) in [5, 5.41) is 8.79. The number of carbonyl (C=O) groups excluding carboxylic acids is 1. The smallest absolute Gasteiger partial charge is 0.303 e. The summed E-state index contributed by atoms with van der Waals surface area (Å²) in [4.78, 5) is 27.6. The zero-order valence-corrected chi connectivity index (χ0v) is 12.9. The highest BCUT2D eigenvalue weighted by Gasteiger charge is 2.17. The van der Waals surface area contributed by atoms with Gasteiger partial charge in [0, 0.05) is 6.42 Å². The molecule has 1 heterocycles. The lowest BCUT2D eigenvalue weighted by atomic mass is 10.2. The molecule has 0 amide bonds. The summed E-state index contributed by atoms with van der Waals surface area (Å²) in [7, 11) is 0. The lowest BCUT2D eigenvalue weighted by Crippen LogP contribution is -2.16. The molecule has 6 heteroatoms. The van der Waals surface area contributed by atoms with E-state index >= 15 is 0 Å². The fourth-order valence-corrected chi connectivity index (χ4v) is 2.44. The third-order valence-electron chi connectivity index (χ3n) is 3.54. The normalized spacial score (nSPS) is 10.7. The molecule has 3 aromatic rings. The molecule has 0 saturated heterocycles. The molecule has 0 aliphatic carbocycles. The van der Waals surface area contributed by atoms with Gasteiger partial charge in [0.1, 0.15) is 12.4 Å². The number of hydrogen-bond acceptors (Lipinski definition) is 4. The predicted molar refractivity (Wildman–Crippen MR) is 88.0 cm³/mol. The van der Waals surface area contributed by atoms with Gasteiger partial charge in [-0.05, 0) is 24.3 Å². The second-order valence-electron chi connectivity index (χ2n) is 5.24. The highest BCUT2D eigenvalue weighted by Crippen LogP contribution is 2.19. The van der Waals surface area contributed by atoms with Crippen molar-refractivity contribution < 1.29 is 19.4 Å². The van der Waals surface area contributed by atoms with Crippen molar-refractivity contribution in [3.05, 3.63) is 60.4 Å². The zero-order valence-electron chi connectivity index (χ0n) is 12.9. The van der Waals surface area contributed by atoms with Crippen LogP contribution in [0.4, 0.5) is 0 Å². The van der Waals surface area contributed by atoms with Crippen molar-refractivity contribution in [2.24, 2.45) is 0 Å². The molecule has 0 aliphatic heterocycles. The monoisotopic (exact) mass is 324 g/mol. The zero-order chi connectivity index (χ0) is 16.9. The van der Waals surface area contributed by atoms with Crippen LogP contribution < -0.4 is 4.74 Å². The average Bonchev–Trinajstić information content (AvgIpc) is 2.97. The van der Waals surface area contributed by atoms with Crippen LogP contribution in [0.3, 0.4) is 0 Å². The second-order valence-corrected chi connectivity index (χ2v) is 5.24. The van der Waals surface area contributed by atoms with E-state index in [2.05, 4.69) is 4.98 Å². The molecular formula is C18H16N2O4. The molecule has 0 bridgehead atoms. The van der Waals surface area contributed by atoms with Crippen molar-refractivity contribution in [3.8, 4) is 5.75 Å². The van der Waals surface area contributed by atoms with E-state index in [0.717, 1.165) is 0 Å². The summed E-state index contributed by atoms with van der Waals surface area (Å²) in [5.74, 6) is -0.183. The lowest BCUT2D eigenvalue weighted by molar-refractivity contribution is -0.136. The summed E-state index contributed by atoms with van der Waals surface area (Å²) in [6.07, 6.45) is -0.307. The molecule has 1 N–H and O–H groups in total. The van der Waals surface area contributed by atoms with Crippen LogP contribution in [0.2, 0.25) is 0 Å². The molecule has 3 rings (SSSR count). The number of para-hydroxylation sites is 3. The molecule has 0 saturated carbocycles. The van der Waals surface area contributed by atoms with E-state index in [1.54, 1.807) is 6.07 Å². The molecule has 0 unspecified atom stereocenters. The summed E-state index contributed by atoms with van der Waals surface area (Å²) in [5.41, 5.74) is 1.33. The van der Waals surface area contributed by atoms with Gasteiger partial charge in [-0.2, -0.15) is 0 Å². The average molecular weight is 324 g/mol. The largest absolute Gasteiger partial charge is 0.486 e. The van der Waals surface area contributed by atoms with E-state index < -0.39 is 5.97 Å². The summed E-state index contributed by atoms with van der Waals surface area (Å²) in [6.45, 7) is 0.123. The molecule has 0 atom stereocenters. The first kappa shape index (κ1) is 15.7. The van der Waals surface area contributed by atoms with Crippen LogP contribution in [0.15, 0.2) is 54.6 Å². The van der Waals surface area contributed by atoms with E-state index in [1.165, 1.54) is 4.57 Å². The number of aliphatic carboxylic acids is 1. The Hall–Kier alpha value is -3.15. The number of fused-ring (bicyclic) bond motifs is 1. The molecule has 122 valence electrons. The van der Waals surface area contributed by atoms with Crippen LogP contribution in [0.5, 0.6) is 5.75 Å². The minimum absolute atomic E-state index is 0.0893. The van der Waals surface area contributed by atoms with Crippen LogP contribution in [0.1, 0.15) is 23.5 Å². The van der Waals surface area contributed by atoms with Gasteiger partial charge in [-0.25, -0.2) is 4.98 Å². The van der Waals surface area contributed by atoms with Gasteiger partial charge in [0.2, 0.25) is 5.91 Å². The van der Waals surface area contributed by atoms with Gasteiger partial charge in [-0.15, -0.1) is 0 Å². The number of nitrogens with zero attached hydrogens (tertiary/aromatic N) is 2. The Morgan fingerprint density at radius 1 is 1.00 bits per heavy atom. The maximum atomic E-state index is 12.5. The van der Waals surface area contributed by atoms with Gasteiger partial charge in [-0.1, -0.05) is 30.3 Å². The first-order valence-corrected chi connectivity index (χ1v) is 7.54. The minimum atomic E-state index is -1.00. The Kier molecular flexibility index (Phi) is 4.56. The molecular weight excluding hydrogens is 308 g/mol. The number of rotatable bonds is 6. The van der Waals surface area contributed by atoms with E-state index in [4.69, 9.17) is 9.84 Å².